The first-order valence-corrected chi connectivity index (χ1v) is 9.33. The van der Waals surface area contributed by atoms with Gasteiger partial charge < -0.3 is 9.47 Å². The van der Waals surface area contributed by atoms with Crippen molar-refractivity contribution in [3.63, 3.8) is 0 Å². The quantitative estimate of drug-likeness (QED) is 0.638. The van der Waals surface area contributed by atoms with Gasteiger partial charge >= 0.3 is 0 Å². The minimum absolute atomic E-state index is 0.162. The molecule has 0 saturated carbocycles. The van der Waals surface area contributed by atoms with Crippen LogP contribution in [0.5, 0.6) is 11.5 Å². The van der Waals surface area contributed by atoms with E-state index in [1.165, 1.54) is 11.3 Å². The Bertz CT molecular complexity index is 955. The summed E-state index contributed by atoms with van der Waals surface area (Å²) in [6, 6.07) is 13.2. The van der Waals surface area contributed by atoms with Gasteiger partial charge in [-0.1, -0.05) is 35.1 Å². The van der Waals surface area contributed by atoms with Crippen LogP contribution in [0.1, 0.15) is 22.8 Å². The maximum absolute atomic E-state index is 13.0. The molecule has 1 aromatic heterocycles. The summed E-state index contributed by atoms with van der Waals surface area (Å²) in [5.74, 6) is 0.928. The molecule has 3 aromatic rings. The summed E-state index contributed by atoms with van der Waals surface area (Å²) in [6.45, 7) is 4.42. The van der Waals surface area contributed by atoms with Crippen molar-refractivity contribution in [2.45, 2.75) is 13.8 Å². The molecule has 0 N–H and O–H groups in total. The first-order valence-electron chi connectivity index (χ1n) is 8.51. The van der Waals surface area contributed by atoms with Gasteiger partial charge in [-0.25, -0.2) is 0 Å². The van der Waals surface area contributed by atoms with Gasteiger partial charge in [0.25, 0.3) is 5.91 Å². The second kappa shape index (κ2) is 8.18. The molecule has 0 bridgehead atoms. The minimum Gasteiger partial charge on any atom is -0.493 e. The molecule has 0 spiro atoms. The maximum Gasteiger partial charge on any atom is 0.260 e. The average molecular weight is 383 g/mol. The molecule has 2 aromatic carbocycles. The second-order valence-corrected chi connectivity index (χ2v) is 6.83. The van der Waals surface area contributed by atoms with Crippen LogP contribution in [-0.4, -0.2) is 36.9 Å². The molecule has 0 atom stereocenters. The van der Waals surface area contributed by atoms with Gasteiger partial charge in [-0.2, -0.15) is 0 Å². The van der Waals surface area contributed by atoms with E-state index in [0.29, 0.717) is 28.7 Å². The second-order valence-electron chi connectivity index (χ2n) is 5.88. The van der Waals surface area contributed by atoms with Crippen LogP contribution >= 0.6 is 11.3 Å². The van der Waals surface area contributed by atoms with Crippen LogP contribution in [0.3, 0.4) is 0 Å². The summed E-state index contributed by atoms with van der Waals surface area (Å²) in [4.78, 5) is 14.6. The lowest BCUT2D eigenvalue weighted by Crippen LogP contribution is -2.30. The Morgan fingerprint density at radius 2 is 1.85 bits per heavy atom. The largest absolute Gasteiger partial charge is 0.493 e. The molecule has 0 aliphatic rings. The van der Waals surface area contributed by atoms with E-state index < -0.39 is 0 Å². The predicted molar refractivity (Wildman–Crippen MR) is 107 cm³/mol. The number of aryl methyl sites for hydroxylation is 1. The van der Waals surface area contributed by atoms with Crippen molar-refractivity contribution in [3.8, 4) is 22.1 Å². The molecule has 0 fully saturated rings. The fourth-order valence-corrected chi connectivity index (χ4v) is 3.61. The van der Waals surface area contributed by atoms with Crippen LogP contribution in [0.25, 0.3) is 10.6 Å². The first-order chi connectivity index (χ1) is 13.1. The highest BCUT2D eigenvalue weighted by atomic mass is 32.1. The van der Waals surface area contributed by atoms with Crippen LogP contribution in [0.2, 0.25) is 0 Å². The van der Waals surface area contributed by atoms with Gasteiger partial charge in [0.15, 0.2) is 11.5 Å². The third-order valence-electron chi connectivity index (χ3n) is 4.10. The molecule has 0 unspecified atom stereocenters. The summed E-state index contributed by atoms with van der Waals surface area (Å²) >= 11 is 1.39. The molecule has 6 nitrogen and oxygen atoms in total. The van der Waals surface area contributed by atoms with Gasteiger partial charge in [-0.3, -0.25) is 9.69 Å². The van der Waals surface area contributed by atoms with E-state index in [0.717, 1.165) is 16.1 Å². The van der Waals surface area contributed by atoms with Gasteiger partial charge in [0.1, 0.15) is 5.01 Å². The number of benzene rings is 2. The van der Waals surface area contributed by atoms with Crippen molar-refractivity contribution < 1.29 is 14.3 Å². The molecule has 0 radical (unpaired) electrons. The molecule has 0 aliphatic carbocycles. The lowest BCUT2D eigenvalue weighted by molar-refractivity contribution is 0.0987. The van der Waals surface area contributed by atoms with E-state index in [2.05, 4.69) is 16.3 Å². The van der Waals surface area contributed by atoms with E-state index in [9.17, 15) is 4.79 Å². The SMILES string of the molecule is CCN(C(=O)c1ccc(OC)c(OC)c1)c1nnc(-c2cccc(C)c2)s1. The Balaban J connectivity index is 1.90. The predicted octanol–water partition coefficient (Wildman–Crippen LogP) is 4.20. The number of hydrogen-bond acceptors (Lipinski definition) is 6. The highest BCUT2D eigenvalue weighted by molar-refractivity contribution is 7.18. The average Bonchev–Trinajstić information content (AvgIpc) is 3.17. The fraction of sp³-hybridized carbons (Fsp3) is 0.250. The Labute approximate surface area is 162 Å². The third-order valence-corrected chi connectivity index (χ3v) is 5.10. The summed E-state index contributed by atoms with van der Waals surface area (Å²) in [5, 5.41) is 9.85. The monoisotopic (exact) mass is 383 g/mol. The van der Waals surface area contributed by atoms with Crippen LogP contribution in [0.15, 0.2) is 42.5 Å². The topological polar surface area (TPSA) is 64.6 Å². The number of methoxy groups -OCH3 is 2. The number of amides is 1. The number of hydrogen-bond donors (Lipinski definition) is 0. The van der Waals surface area contributed by atoms with Gasteiger partial charge in [0.2, 0.25) is 5.13 Å². The third kappa shape index (κ3) is 3.93. The van der Waals surface area contributed by atoms with Crippen molar-refractivity contribution in [2.75, 3.05) is 25.7 Å². The van der Waals surface area contributed by atoms with Crippen molar-refractivity contribution in [3.05, 3.63) is 53.6 Å². The molecule has 1 amide bonds. The van der Waals surface area contributed by atoms with Crippen LogP contribution in [0.4, 0.5) is 5.13 Å². The van der Waals surface area contributed by atoms with Crippen LogP contribution < -0.4 is 14.4 Å². The summed E-state index contributed by atoms with van der Waals surface area (Å²) in [6.07, 6.45) is 0. The molecular weight excluding hydrogens is 362 g/mol. The first kappa shape index (κ1) is 18.8. The van der Waals surface area contributed by atoms with E-state index in [1.54, 1.807) is 37.3 Å². The van der Waals surface area contributed by atoms with Gasteiger partial charge in [0, 0.05) is 17.7 Å². The zero-order chi connectivity index (χ0) is 19.4. The van der Waals surface area contributed by atoms with Crippen molar-refractivity contribution >= 4 is 22.4 Å². The molecular formula is C20H21N3O3S. The smallest absolute Gasteiger partial charge is 0.260 e. The highest BCUT2D eigenvalue weighted by Crippen LogP contribution is 2.32. The lowest BCUT2D eigenvalue weighted by atomic mass is 10.1. The molecule has 27 heavy (non-hydrogen) atoms. The highest BCUT2D eigenvalue weighted by Gasteiger charge is 2.22. The summed E-state index contributed by atoms with van der Waals surface area (Å²) in [5.41, 5.74) is 2.65. The maximum atomic E-state index is 13.0. The molecule has 1 heterocycles. The Morgan fingerprint density at radius 3 is 2.52 bits per heavy atom. The summed E-state index contributed by atoms with van der Waals surface area (Å²) < 4.78 is 10.5. The van der Waals surface area contributed by atoms with E-state index in [-0.39, 0.29) is 5.91 Å². The van der Waals surface area contributed by atoms with Crippen LogP contribution in [0, 0.1) is 6.92 Å². The molecule has 7 heteroatoms. The number of nitrogens with zero attached hydrogens (tertiary/aromatic N) is 3. The number of ether oxygens (including phenoxy) is 2. The van der Waals surface area contributed by atoms with Crippen molar-refractivity contribution in [1.82, 2.24) is 10.2 Å². The van der Waals surface area contributed by atoms with Gasteiger partial charge in [-0.05, 0) is 38.1 Å². The van der Waals surface area contributed by atoms with Gasteiger partial charge in [0.05, 0.1) is 14.2 Å². The number of anilines is 1. The Kier molecular flexibility index (Phi) is 5.71. The Hall–Kier alpha value is -2.93. The van der Waals surface area contributed by atoms with Crippen molar-refractivity contribution in [2.24, 2.45) is 0 Å². The standard InChI is InChI=1S/C20H21N3O3S/c1-5-23(19(24)15-9-10-16(25-3)17(12-15)26-4)20-22-21-18(27-20)14-8-6-7-13(2)11-14/h6-12H,5H2,1-4H3. The zero-order valence-corrected chi connectivity index (χ0v) is 16.5. The number of carbonyl (C=O) groups is 1. The minimum atomic E-state index is -0.162. The number of aromatic nitrogens is 2. The normalized spacial score (nSPS) is 10.5. The van der Waals surface area contributed by atoms with Gasteiger partial charge in [-0.15, -0.1) is 10.2 Å². The van der Waals surface area contributed by atoms with Crippen molar-refractivity contribution in [1.29, 1.82) is 0 Å². The van der Waals surface area contributed by atoms with E-state index in [1.807, 2.05) is 32.0 Å². The van der Waals surface area contributed by atoms with Crippen LogP contribution in [-0.2, 0) is 0 Å². The number of rotatable bonds is 6. The molecule has 3 rings (SSSR count). The molecule has 140 valence electrons. The Morgan fingerprint density at radius 1 is 1.07 bits per heavy atom. The summed E-state index contributed by atoms with van der Waals surface area (Å²) in [7, 11) is 3.11. The molecule has 0 aliphatic heterocycles. The molecule has 0 saturated heterocycles. The van der Waals surface area contributed by atoms with E-state index >= 15 is 0 Å². The fourth-order valence-electron chi connectivity index (χ4n) is 2.71. The van der Waals surface area contributed by atoms with E-state index in [4.69, 9.17) is 9.47 Å². The zero-order valence-electron chi connectivity index (χ0n) is 15.7. The lowest BCUT2D eigenvalue weighted by Gasteiger charge is -2.18. The number of carbonyl (C=O) groups excluding carboxylic acids is 1.